The van der Waals surface area contributed by atoms with Crippen LogP contribution in [0.4, 0.5) is 8.78 Å². The van der Waals surface area contributed by atoms with Crippen molar-refractivity contribution >= 4 is 6.47 Å². The van der Waals surface area contributed by atoms with Crippen LogP contribution in [0.25, 0.3) is 11.1 Å². The summed E-state index contributed by atoms with van der Waals surface area (Å²) < 4.78 is 30.9. The monoisotopic (exact) mass is 234 g/mol. The van der Waals surface area contributed by atoms with Gasteiger partial charge in [-0.05, 0) is 29.8 Å². The van der Waals surface area contributed by atoms with Crippen LogP contribution in [0.15, 0.2) is 42.5 Å². The quantitative estimate of drug-likeness (QED) is 0.762. The van der Waals surface area contributed by atoms with Crippen molar-refractivity contribution in [2.24, 2.45) is 0 Å². The minimum absolute atomic E-state index is 0.128. The third-order valence-corrected chi connectivity index (χ3v) is 2.28. The lowest BCUT2D eigenvalue weighted by Crippen LogP contribution is -1.91. The Kier molecular flexibility index (Phi) is 3.14. The van der Waals surface area contributed by atoms with Gasteiger partial charge in [-0.15, -0.1) is 0 Å². The van der Waals surface area contributed by atoms with Gasteiger partial charge < -0.3 is 4.74 Å². The number of ether oxygens (including phenoxy) is 1. The molecule has 0 saturated heterocycles. The molecule has 2 rings (SSSR count). The van der Waals surface area contributed by atoms with Gasteiger partial charge in [0, 0.05) is 11.6 Å². The van der Waals surface area contributed by atoms with Gasteiger partial charge in [-0.3, -0.25) is 4.79 Å². The number of halogens is 2. The zero-order valence-corrected chi connectivity index (χ0v) is 8.69. The lowest BCUT2D eigenvalue weighted by atomic mass is 10.1. The molecule has 0 N–H and O–H groups in total. The Balaban J connectivity index is 2.39. The number of hydrogen-bond acceptors (Lipinski definition) is 2. The van der Waals surface area contributed by atoms with E-state index in [0.717, 1.165) is 6.07 Å². The summed E-state index contributed by atoms with van der Waals surface area (Å²) in [5.74, 6) is -0.783. The van der Waals surface area contributed by atoms with E-state index in [1.807, 2.05) is 0 Å². The number of benzene rings is 2. The summed E-state index contributed by atoms with van der Waals surface area (Å²) >= 11 is 0. The molecule has 0 fully saturated rings. The van der Waals surface area contributed by atoms with Gasteiger partial charge in [0.15, 0.2) is 0 Å². The normalized spacial score (nSPS) is 10.0. The lowest BCUT2D eigenvalue weighted by Gasteiger charge is -2.05. The van der Waals surface area contributed by atoms with E-state index in [0.29, 0.717) is 11.1 Å². The van der Waals surface area contributed by atoms with E-state index in [9.17, 15) is 13.6 Å². The molecule has 0 amide bonds. The molecule has 0 unspecified atom stereocenters. The zero-order valence-electron chi connectivity index (χ0n) is 8.69. The minimum Gasteiger partial charge on any atom is -0.429 e. The highest BCUT2D eigenvalue weighted by Gasteiger charge is 2.06. The largest absolute Gasteiger partial charge is 0.429 e. The summed E-state index contributed by atoms with van der Waals surface area (Å²) in [7, 11) is 0. The molecule has 0 aromatic heterocycles. The number of rotatable bonds is 3. The van der Waals surface area contributed by atoms with E-state index in [4.69, 9.17) is 0 Å². The first-order valence-corrected chi connectivity index (χ1v) is 4.86. The maximum atomic E-state index is 13.7. The average Bonchev–Trinajstić information content (AvgIpc) is 2.31. The Morgan fingerprint density at radius 1 is 1.00 bits per heavy atom. The van der Waals surface area contributed by atoms with Crippen molar-refractivity contribution in [3.05, 3.63) is 54.1 Å². The molecule has 0 radical (unpaired) electrons. The second-order valence-electron chi connectivity index (χ2n) is 3.36. The third kappa shape index (κ3) is 2.47. The van der Waals surface area contributed by atoms with Crippen LogP contribution in [0.3, 0.4) is 0 Å². The van der Waals surface area contributed by atoms with Gasteiger partial charge in [-0.1, -0.05) is 12.1 Å². The van der Waals surface area contributed by atoms with Crippen LogP contribution < -0.4 is 4.74 Å². The summed E-state index contributed by atoms with van der Waals surface area (Å²) in [6.45, 7) is 0.229. The maximum absolute atomic E-state index is 13.7. The highest BCUT2D eigenvalue weighted by Crippen LogP contribution is 2.26. The number of carbonyl (C=O) groups is 1. The molecule has 2 aromatic rings. The molecule has 17 heavy (non-hydrogen) atoms. The van der Waals surface area contributed by atoms with Crippen molar-refractivity contribution in [3.8, 4) is 16.9 Å². The van der Waals surface area contributed by atoms with E-state index in [-0.39, 0.29) is 18.0 Å². The molecular formula is C13H8F2O2. The molecule has 86 valence electrons. The molecule has 0 atom stereocenters. The fourth-order valence-electron chi connectivity index (χ4n) is 1.49. The van der Waals surface area contributed by atoms with Crippen molar-refractivity contribution in [1.82, 2.24) is 0 Å². The van der Waals surface area contributed by atoms with Crippen molar-refractivity contribution in [3.63, 3.8) is 0 Å². The second-order valence-corrected chi connectivity index (χ2v) is 3.36. The Morgan fingerprint density at radius 2 is 1.71 bits per heavy atom. The fraction of sp³-hybridized carbons (Fsp3) is 0. The van der Waals surface area contributed by atoms with Gasteiger partial charge in [-0.25, -0.2) is 8.78 Å². The van der Waals surface area contributed by atoms with Crippen molar-refractivity contribution < 1.29 is 18.3 Å². The van der Waals surface area contributed by atoms with Crippen molar-refractivity contribution in [2.75, 3.05) is 0 Å². The SMILES string of the molecule is O=COc1ccc(-c2ccc(F)cc2)c(F)c1. The van der Waals surface area contributed by atoms with Crippen LogP contribution in [0.5, 0.6) is 5.75 Å². The van der Waals surface area contributed by atoms with Crippen LogP contribution >= 0.6 is 0 Å². The van der Waals surface area contributed by atoms with Crippen molar-refractivity contribution in [2.45, 2.75) is 0 Å². The highest BCUT2D eigenvalue weighted by atomic mass is 19.1. The molecule has 0 saturated carbocycles. The smallest absolute Gasteiger partial charge is 0.298 e. The Bertz CT molecular complexity index is 536. The van der Waals surface area contributed by atoms with Crippen LogP contribution in [0.1, 0.15) is 0 Å². The summed E-state index contributed by atoms with van der Waals surface area (Å²) in [6, 6.07) is 9.52. The van der Waals surface area contributed by atoms with Gasteiger partial charge in [0.2, 0.25) is 0 Å². The van der Waals surface area contributed by atoms with Crippen LogP contribution in [-0.4, -0.2) is 6.47 Å². The molecule has 0 aliphatic heterocycles. The van der Waals surface area contributed by atoms with Gasteiger partial charge in [0.1, 0.15) is 17.4 Å². The molecule has 4 heteroatoms. The molecule has 2 aromatic carbocycles. The van der Waals surface area contributed by atoms with Crippen LogP contribution in [0, 0.1) is 11.6 Å². The predicted molar refractivity (Wildman–Crippen MR) is 58.5 cm³/mol. The maximum Gasteiger partial charge on any atom is 0.298 e. The lowest BCUT2D eigenvalue weighted by molar-refractivity contribution is -0.120. The predicted octanol–water partition coefficient (Wildman–Crippen LogP) is 3.17. The van der Waals surface area contributed by atoms with Crippen LogP contribution in [-0.2, 0) is 4.79 Å². The summed E-state index contributed by atoms with van der Waals surface area (Å²) in [4.78, 5) is 10.1. The number of hydrogen-bond donors (Lipinski definition) is 0. The topological polar surface area (TPSA) is 26.3 Å². The summed E-state index contributed by atoms with van der Waals surface area (Å²) in [5, 5.41) is 0. The second kappa shape index (κ2) is 4.74. The molecule has 0 bridgehead atoms. The Labute approximate surface area is 96.5 Å². The third-order valence-electron chi connectivity index (χ3n) is 2.28. The molecule has 0 spiro atoms. The Morgan fingerprint density at radius 3 is 2.29 bits per heavy atom. The molecular weight excluding hydrogens is 226 g/mol. The molecule has 2 nitrogen and oxygen atoms in total. The van der Waals surface area contributed by atoms with Crippen LogP contribution in [0.2, 0.25) is 0 Å². The first-order valence-electron chi connectivity index (χ1n) is 4.86. The van der Waals surface area contributed by atoms with Crippen molar-refractivity contribution in [1.29, 1.82) is 0 Å². The van der Waals surface area contributed by atoms with Gasteiger partial charge in [-0.2, -0.15) is 0 Å². The van der Waals surface area contributed by atoms with E-state index in [1.165, 1.54) is 36.4 Å². The number of carbonyl (C=O) groups excluding carboxylic acids is 1. The van der Waals surface area contributed by atoms with Gasteiger partial charge >= 0.3 is 0 Å². The Hall–Kier alpha value is -2.23. The first kappa shape index (κ1) is 11.3. The first-order chi connectivity index (χ1) is 8.20. The van der Waals surface area contributed by atoms with E-state index >= 15 is 0 Å². The average molecular weight is 234 g/mol. The van der Waals surface area contributed by atoms with Gasteiger partial charge in [0.05, 0.1) is 0 Å². The standard InChI is InChI=1S/C13H8F2O2/c14-10-3-1-9(2-4-10)12-6-5-11(17-8-16)7-13(12)15/h1-8H. The zero-order chi connectivity index (χ0) is 12.3. The molecule has 0 aliphatic carbocycles. The minimum atomic E-state index is -0.532. The van der Waals surface area contributed by atoms with E-state index < -0.39 is 5.82 Å². The van der Waals surface area contributed by atoms with Gasteiger partial charge in [0.25, 0.3) is 6.47 Å². The molecule has 0 aliphatic rings. The van der Waals surface area contributed by atoms with E-state index in [2.05, 4.69) is 4.74 Å². The van der Waals surface area contributed by atoms with E-state index in [1.54, 1.807) is 0 Å². The highest BCUT2D eigenvalue weighted by molar-refractivity contribution is 5.65. The summed E-state index contributed by atoms with van der Waals surface area (Å²) in [5.41, 5.74) is 0.879. The molecule has 0 heterocycles. The summed E-state index contributed by atoms with van der Waals surface area (Å²) in [6.07, 6.45) is 0. The fourth-order valence-corrected chi connectivity index (χ4v) is 1.49.